The summed E-state index contributed by atoms with van der Waals surface area (Å²) in [5.74, 6) is -0.407. The lowest BCUT2D eigenvalue weighted by Crippen LogP contribution is -1.92. The van der Waals surface area contributed by atoms with Crippen LogP contribution in [0.5, 0.6) is 0 Å². The van der Waals surface area contributed by atoms with Gasteiger partial charge < -0.3 is 5.73 Å². The molecule has 1 rings (SSSR count). The highest BCUT2D eigenvalue weighted by Gasteiger charge is 2.00. The summed E-state index contributed by atoms with van der Waals surface area (Å²) in [6, 6.07) is 4.66. The van der Waals surface area contributed by atoms with Crippen LogP contribution < -0.4 is 5.73 Å². The van der Waals surface area contributed by atoms with Gasteiger partial charge in [0.2, 0.25) is 0 Å². The molecule has 0 unspecified atom stereocenters. The maximum Gasteiger partial charge on any atom is 0.142 e. The standard InChI is InChI=1S/C9H9ClFN/c10-9-7(4-2-6-12)3-1-5-8(9)11/h1-5H,6,12H2. The molecule has 0 heterocycles. The lowest BCUT2D eigenvalue weighted by molar-refractivity contribution is 0.628. The minimum Gasteiger partial charge on any atom is -0.327 e. The molecule has 0 aliphatic heterocycles. The van der Waals surface area contributed by atoms with E-state index in [1.165, 1.54) is 6.07 Å². The fourth-order valence-corrected chi connectivity index (χ4v) is 1.03. The molecule has 0 radical (unpaired) electrons. The maximum atomic E-state index is 12.8. The van der Waals surface area contributed by atoms with Crippen molar-refractivity contribution in [3.63, 3.8) is 0 Å². The predicted molar refractivity (Wildman–Crippen MR) is 49.5 cm³/mol. The minimum atomic E-state index is -0.407. The second-order valence-electron chi connectivity index (χ2n) is 2.28. The Labute approximate surface area is 75.6 Å². The smallest absolute Gasteiger partial charge is 0.142 e. The number of hydrogen-bond acceptors (Lipinski definition) is 1. The quantitative estimate of drug-likeness (QED) is 0.753. The van der Waals surface area contributed by atoms with Gasteiger partial charge in [0.15, 0.2) is 0 Å². The van der Waals surface area contributed by atoms with Crippen LogP contribution in [0.25, 0.3) is 6.08 Å². The Morgan fingerprint density at radius 3 is 2.92 bits per heavy atom. The van der Waals surface area contributed by atoms with E-state index in [0.717, 1.165) is 0 Å². The van der Waals surface area contributed by atoms with Crippen molar-refractivity contribution in [3.8, 4) is 0 Å². The van der Waals surface area contributed by atoms with E-state index < -0.39 is 5.82 Å². The van der Waals surface area contributed by atoms with E-state index in [9.17, 15) is 4.39 Å². The number of halogens is 2. The normalized spacial score (nSPS) is 10.9. The van der Waals surface area contributed by atoms with Crippen molar-refractivity contribution >= 4 is 17.7 Å². The van der Waals surface area contributed by atoms with Crippen LogP contribution in [0.4, 0.5) is 4.39 Å². The zero-order chi connectivity index (χ0) is 8.97. The molecule has 0 bridgehead atoms. The van der Waals surface area contributed by atoms with Gasteiger partial charge in [-0.1, -0.05) is 35.9 Å². The summed E-state index contributed by atoms with van der Waals surface area (Å²) in [7, 11) is 0. The Kier molecular flexibility index (Phi) is 3.26. The minimum absolute atomic E-state index is 0.141. The van der Waals surface area contributed by atoms with Crippen LogP contribution in [0.15, 0.2) is 24.3 Å². The molecule has 0 aromatic heterocycles. The van der Waals surface area contributed by atoms with Crippen molar-refractivity contribution in [1.82, 2.24) is 0 Å². The molecule has 3 heteroatoms. The Bertz CT molecular complexity index is 297. The number of rotatable bonds is 2. The average molecular weight is 186 g/mol. The van der Waals surface area contributed by atoms with Gasteiger partial charge in [-0.15, -0.1) is 0 Å². The highest BCUT2D eigenvalue weighted by atomic mass is 35.5. The zero-order valence-electron chi connectivity index (χ0n) is 6.43. The topological polar surface area (TPSA) is 26.0 Å². The largest absolute Gasteiger partial charge is 0.327 e. The first-order valence-corrected chi connectivity index (χ1v) is 3.94. The first kappa shape index (κ1) is 9.23. The van der Waals surface area contributed by atoms with Crippen LogP contribution in [-0.2, 0) is 0 Å². The van der Waals surface area contributed by atoms with E-state index in [-0.39, 0.29) is 5.02 Å². The highest BCUT2D eigenvalue weighted by molar-refractivity contribution is 6.32. The third kappa shape index (κ3) is 2.06. The van der Waals surface area contributed by atoms with Crippen molar-refractivity contribution < 1.29 is 4.39 Å². The van der Waals surface area contributed by atoms with Crippen LogP contribution in [0.3, 0.4) is 0 Å². The molecule has 1 aromatic carbocycles. The molecule has 0 spiro atoms. The summed E-state index contributed by atoms with van der Waals surface area (Å²) in [5.41, 5.74) is 5.90. The Hall–Kier alpha value is -0.860. The summed E-state index contributed by atoms with van der Waals surface area (Å²) < 4.78 is 12.8. The Balaban J connectivity index is 3.00. The molecule has 1 aromatic rings. The van der Waals surface area contributed by atoms with Crippen LogP contribution in [-0.4, -0.2) is 6.54 Å². The molecule has 2 N–H and O–H groups in total. The number of hydrogen-bond donors (Lipinski definition) is 1. The summed E-state index contributed by atoms with van der Waals surface area (Å²) in [5, 5.41) is 0.141. The molecular weight excluding hydrogens is 177 g/mol. The summed E-state index contributed by atoms with van der Waals surface area (Å²) >= 11 is 5.66. The molecule has 1 nitrogen and oxygen atoms in total. The first-order valence-electron chi connectivity index (χ1n) is 3.56. The van der Waals surface area contributed by atoms with Crippen molar-refractivity contribution in [2.24, 2.45) is 5.73 Å². The van der Waals surface area contributed by atoms with Gasteiger partial charge in [0, 0.05) is 6.54 Å². The van der Waals surface area contributed by atoms with E-state index >= 15 is 0 Å². The van der Waals surface area contributed by atoms with Gasteiger partial charge in [0.25, 0.3) is 0 Å². The van der Waals surface area contributed by atoms with Crippen molar-refractivity contribution in [3.05, 3.63) is 40.7 Å². The highest BCUT2D eigenvalue weighted by Crippen LogP contribution is 2.20. The fraction of sp³-hybridized carbons (Fsp3) is 0.111. The summed E-state index contributed by atoms with van der Waals surface area (Å²) in [6.07, 6.45) is 3.42. The third-order valence-electron chi connectivity index (χ3n) is 1.41. The van der Waals surface area contributed by atoms with Gasteiger partial charge in [-0.05, 0) is 11.6 Å². The van der Waals surface area contributed by atoms with Crippen molar-refractivity contribution in [2.75, 3.05) is 6.54 Å². The molecule has 0 atom stereocenters. The predicted octanol–water partition coefficient (Wildman–Crippen LogP) is 2.45. The molecule has 0 fully saturated rings. The Morgan fingerprint density at radius 1 is 1.50 bits per heavy atom. The van der Waals surface area contributed by atoms with E-state index in [0.29, 0.717) is 12.1 Å². The summed E-state index contributed by atoms with van der Waals surface area (Å²) in [4.78, 5) is 0. The Morgan fingerprint density at radius 2 is 2.25 bits per heavy atom. The lowest BCUT2D eigenvalue weighted by Gasteiger charge is -1.97. The summed E-state index contributed by atoms with van der Waals surface area (Å²) in [6.45, 7) is 0.423. The lowest BCUT2D eigenvalue weighted by atomic mass is 10.2. The molecule has 0 saturated carbocycles. The zero-order valence-corrected chi connectivity index (χ0v) is 7.18. The van der Waals surface area contributed by atoms with Crippen molar-refractivity contribution in [1.29, 1.82) is 0 Å². The molecular formula is C9H9ClFN. The van der Waals surface area contributed by atoms with Crippen molar-refractivity contribution in [2.45, 2.75) is 0 Å². The molecule has 0 aliphatic carbocycles. The average Bonchev–Trinajstić information content (AvgIpc) is 2.08. The molecule has 0 aliphatic rings. The maximum absolute atomic E-state index is 12.8. The van der Waals surface area contributed by atoms with Gasteiger partial charge in [0.05, 0.1) is 5.02 Å². The number of benzene rings is 1. The van der Waals surface area contributed by atoms with Gasteiger partial charge >= 0.3 is 0 Å². The van der Waals surface area contributed by atoms with Crippen LogP contribution in [0.1, 0.15) is 5.56 Å². The second kappa shape index (κ2) is 4.24. The van der Waals surface area contributed by atoms with Gasteiger partial charge in [-0.3, -0.25) is 0 Å². The van der Waals surface area contributed by atoms with Crippen LogP contribution in [0, 0.1) is 5.82 Å². The number of nitrogens with two attached hydrogens (primary N) is 1. The van der Waals surface area contributed by atoms with E-state index in [1.54, 1.807) is 24.3 Å². The van der Waals surface area contributed by atoms with Gasteiger partial charge in [-0.2, -0.15) is 0 Å². The van der Waals surface area contributed by atoms with Gasteiger partial charge in [-0.25, -0.2) is 4.39 Å². The fourth-order valence-electron chi connectivity index (χ4n) is 0.844. The first-order chi connectivity index (χ1) is 5.75. The molecule has 0 saturated heterocycles. The SMILES string of the molecule is NCC=Cc1cccc(F)c1Cl. The van der Waals surface area contributed by atoms with Crippen LogP contribution in [0.2, 0.25) is 5.02 Å². The van der Waals surface area contributed by atoms with E-state index in [2.05, 4.69) is 0 Å². The van der Waals surface area contributed by atoms with Crippen LogP contribution >= 0.6 is 11.6 Å². The van der Waals surface area contributed by atoms with E-state index in [1.807, 2.05) is 0 Å². The van der Waals surface area contributed by atoms with E-state index in [4.69, 9.17) is 17.3 Å². The molecule has 0 amide bonds. The molecule has 12 heavy (non-hydrogen) atoms. The second-order valence-corrected chi connectivity index (χ2v) is 2.66. The van der Waals surface area contributed by atoms with Gasteiger partial charge in [0.1, 0.15) is 5.82 Å². The third-order valence-corrected chi connectivity index (χ3v) is 1.81. The monoisotopic (exact) mass is 185 g/mol. The molecule has 64 valence electrons.